The van der Waals surface area contributed by atoms with E-state index in [4.69, 9.17) is 9.26 Å². The molecule has 3 atom stereocenters. The van der Waals surface area contributed by atoms with Gasteiger partial charge in [-0.2, -0.15) is 0 Å². The molecule has 1 aromatic heterocycles. The van der Waals surface area contributed by atoms with Crippen molar-refractivity contribution < 1.29 is 28.0 Å². The van der Waals surface area contributed by atoms with Crippen molar-refractivity contribution in [3.63, 3.8) is 0 Å². The summed E-state index contributed by atoms with van der Waals surface area (Å²) in [6, 6.07) is 0.133. The van der Waals surface area contributed by atoms with E-state index >= 15 is 4.39 Å². The summed E-state index contributed by atoms with van der Waals surface area (Å²) in [5.74, 6) is -1.37. The Hall–Kier alpha value is -3.21. The van der Waals surface area contributed by atoms with Crippen molar-refractivity contribution in [3.05, 3.63) is 17.4 Å². The van der Waals surface area contributed by atoms with E-state index in [-0.39, 0.29) is 24.7 Å². The number of halogens is 1. The van der Waals surface area contributed by atoms with Crippen LogP contribution >= 0.6 is 0 Å². The Morgan fingerprint density at radius 2 is 1.77 bits per heavy atom. The Balaban J connectivity index is 1.54. The van der Waals surface area contributed by atoms with Crippen LogP contribution in [0.4, 0.5) is 20.7 Å². The van der Waals surface area contributed by atoms with Crippen LogP contribution in [0, 0.1) is 11.2 Å². The normalized spacial score (nSPS) is 28.4. The SMILES string of the molecule is CC1CN2c3c(cc4c(N5CCCCCC5)noc4c3F)CC3(C(=O)NC(=O)NC3=O)C2C(C)O1. The topological polar surface area (TPSA) is 117 Å². The van der Waals surface area contributed by atoms with Crippen molar-refractivity contribution in [2.24, 2.45) is 5.41 Å². The van der Waals surface area contributed by atoms with Crippen LogP contribution in [0.5, 0.6) is 0 Å². The minimum Gasteiger partial charge on any atom is -0.372 e. The summed E-state index contributed by atoms with van der Waals surface area (Å²) < 4.78 is 27.7. The van der Waals surface area contributed by atoms with Gasteiger partial charge in [-0.05, 0) is 38.3 Å². The predicted molar refractivity (Wildman–Crippen MR) is 124 cm³/mol. The minimum atomic E-state index is -1.65. The summed E-state index contributed by atoms with van der Waals surface area (Å²) in [5.41, 5.74) is -0.782. The molecule has 3 saturated heterocycles. The largest absolute Gasteiger partial charge is 0.372 e. The molecule has 4 aliphatic rings. The molecule has 2 N–H and O–H groups in total. The molecule has 35 heavy (non-hydrogen) atoms. The maximum absolute atomic E-state index is 16.2. The summed E-state index contributed by atoms with van der Waals surface area (Å²) in [5, 5.41) is 9.28. The number of carbonyl (C=O) groups excluding carboxylic acids is 3. The van der Waals surface area contributed by atoms with Crippen LogP contribution < -0.4 is 20.4 Å². The fourth-order valence-corrected chi connectivity index (χ4v) is 6.45. The summed E-state index contributed by atoms with van der Waals surface area (Å²) in [6.45, 7) is 5.50. The number of carbonyl (C=O) groups is 3. The molecule has 1 spiro atoms. The number of hydrogen-bond acceptors (Lipinski definition) is 8. The molecule has 5 heterocycles. The number of amides is 4. The van der Waals surface area contributed by atoms with E-state index in [2.05, 4.69) is 20.7 Å². The van der Waals surface area contributed by atoms with Crippen LogP contribution in [0.15, 0.2) is 10.6 Å². The second-order valence-electron chi connectivity index (χ2n) is 10.1. The highest BCUT2D eigenvalue weighted by Crippen LogP contribution is 2.49. The maximum atomic E-state index is 16.2. The lowest BCUT2D eigenvalue weighted by molar-refractivity contribution is -0.153. The third-order valence-corrected chi connectivity index (χ3v) is 7.85. The van der Waals surface area contributed by atoms with Crippen LogP contribution in [0.1, 0.15) is 45.1 Å². The number of aromatic nitrogens is 1. The Labute approximate surface area is 201 Å². The quantitative estimate of drug-likeness (QED) is 0.591. The summed E-state index contributed by atoms with van der Waals surface area (Å²) in [7, 11) is 0. The minimum absolute atomic E-state index is 0.0669. The van der Waals surface area contributed by atoms with Crippen molar-refractivity contribution in [1.82, 2.24) is 15.8 Å². The fourth-order valence-electron chi connectivity index (χ4n) is 6.45. The molecule has 0 saturated carbocycles. The van der Waals surface area contributed by atoms with Gasteiger partial charge in [0, 0.05) is 26.1 Å². The predicted octanol–water partition coefficient (Wildman–Crippen LogP) is 2.24. The highest BCUT2D eigenvalue weighted by Gasteiger charge is 2.63. The van der Waals surface area contributed by atoms with E-state index in [9.17, 15) is 14.4 Å². The number of imide groups is 2. The fraction of sp³-hybridized carbons (Fsp3) is 0.583. The summed E-state index contributed by atoms with van der Waals surface area (Å²) in [6.07, 6.45) is 3.39. The van der Waals surface area contributed by atoms with Crippen molar-refractivity contribution in [3.8, 4) is 0 Å². The number of fused-ring (bicyclic) bond motifs is 5. The van der Waals surface area contributed by atoms with Crippen LogP contribution in [0.2, 0.25) is 0 Å². The van der Waals surface area contributed by atoms with E-state index in [1.807, 2.05) is 6.92 Å². The van der Waals surface area contributed by atoms with Gasteiger partial charge in [-0.1, -0.05) is 18.0 Å². The van der Waals surface area contributed by atoms with Gasteiger partial charge in [0.2, 0.25) is 17.4 Å². The van der Waals surface area contributed by atoms with Crippen molar-refractivity contribution in [2.75, 3.05) is 29.4 Å². The molecule has 0 bridgehead atoms. The molecule has 3 fully saturated rings. The zero-order valence-electron chi connectivity index (χ0n) is 19.7. The Morgan fingerprint density at radius 1 is 1.09 bits per heavy atom. The monoisotopic (exact) mass is 485 g/mol. The molecule has 10 nitrogen and oxygen atoms in total. The zero-order valence-corrected chi connectivity index (χ0v) is 19.7. The lowest BCUT2D eigenvalue weighted by atomic mass is 9.66. The number of ether oxygens (including phenoxy) is 1. The number of rotatable bonds is 1. The van der Waals surface area contributed by atoms with Gasteiger partial charge >= 0.3 is 6.03 Å². The third kappa shape index (κ3) is 3.17. The van der Waals surface area contributed by atoms with Crippen molar-refractivity contribution in [2.45, 2.75) is 64.2 Å². The van der Waals surface area contributed by atoms with Gasteiger partial charge < -0.3 is 19.1 Å². The van der Waals surface area contributed by atoms with Gasteiger partial charge in [0.25, 0.3) is 0 Å². The Kier molecular flexibility index (Phi) is 5.03. The van der Waals surface area contributed by atoms with Crippen molar-refractivity contribution in [1.29, 1.82) is 0 Å². The highest BCUT2D eigenvalue weighted by atomic mass is 19.1. The van der Waals surface area contributed by atoms with E-state index in [0.717, 1.165) is 38.8 Å². The maximum Gasteiger partial charge on any atom is 0.328 e. The molecule has 6 rings (SSSR count). The average Bonchev–Trinajstić information content (AvgIpc) is 3.03. The molecule has 4 aliphatic heterocycles. The molecular weight excluding hydrogens is 457 g/mol. The second kappa shape index (κ2) is 7.91. The van der Waals surface area contributed by atoms with Crippen molar-refractivity contribution >= 4 is 40.3 Å². The first-order valence-electron chi connectivity index (χ1n) is 12.3. The lowest BCUT2D eigenvalue weighted by Crippen LogP contribution is -2.75. The van der Waals surface area contributed by atoms with Crippen LogP contribution in [0.3, 0.4) is 0 Å². The Morgan fingerprint density at radius 3 is 2.46 bits per heavy atom. The third-order valence-electron chi connectivity index (χ3n) is 7.85. The molecule has 3 unspecified atom stereocenters. The molecule has 1 aromatic carbocycles. The molecule has 186 valence electrons. The van der Waals surface area contributed by atoms with E-state index in [1.165, 1.54) is 0 Å². The number of hydrogen-bond donors (Lipinski definition) is 2. The number of benzene rings is 1. The molecule has 0 radical (unpaired) electrons. The van der Waals surface area contributed by atoms with E-state index in [1.54, 1.807) is 17.9 Å². The highest BCUT2D eigenvalue weighted by molar-refractivity contribution is 6.20. The zero-order chi connectivity index (χ0) is 24.5. The van der Waals surface area contributed by atoms with Crippen LogP contribution in [-0.4, -0.2) is 60.9 Å². The first-order valence-corrected chi connectivity index (χ1v) is 12.3. The van der Waals surface area contributed by atoms with Gasteiger partial charge in [0.1, 0.15) is 0 Å². The van der Waals surface area contributed by atoms with E-state index in [0.29, 0.717) is 22.5 Å². The first-order chi connectivity index (χ1) is 16.8. The molecule has 2 aromatic rings. The van der Waals surface area contributed by atoms with E-state index < -0.39 is 41.2 Å². The van der Waals surface area contributed by atoms with Gasteiger partial charge in [0.15, 0.2) is 17.1 Å². The second-order valence-corrected chi connectivity index (χ2v) is 10.1. The smallest absolute Gasteiger partial charge is 0.328 e. The number of nitrogens with zero attached hydrogens (tertiary/aromatic N) is 3. The molecule has 4 amide bonds. The average molecular weight is 486 g/mol. The molecular formula is C24H28FN5O5. The van der Waals surface area contributed by atoms with Gasteiger partial charge in [-0.3, -0.25) is 20.2 Å². The number of nitrogens with one attached hydrogen (secondary N) is 2. The lowest BCUT2D eigenvalue weighted by Gasteiger charge is -2.55. The van der Waals surface area contributed by atoms with Gasteiger partial charge in [-0.25, -0.2) is 9.18 Å². The number of morpholine rings is 1. The molecule has 11 heteroatoms. The summed E-state index contributed by atoms with van der Waals surface area (Å²) >= 11 is 0. The Bertz CT molecular complexity index is 1220. The first kappa shape index (κ1) is 22.3. The molecule has 0 aliphatic carbocycles. The van der Waals surface area contributed by atoms with Gasteiger partial charge in [-0.15, -0.1) is 0 Å². The number of barbiturate groups is 1. The summed E-state index contributed by atoms with van der Waals surface area (Å²) in [4.78, 5) is 42.4. The number of urea groups is 1. The number of anilines is 2. The van der Waals surface area contributed by atoms with Crippen LogP contribution in [-0.2, 0) is 20.7 Å². The van der Waals surface area contributed by atoms with Gasteiger partial charge in [0.05, 0.1) is 29.3 Å². The van der Waals surface area contributed by atoms with Crippen LogP contribution in [0.25, 0.3) is 11.0 Å². The standard InChI is InChI=1S/C24H28FN5O5/c1-12-11-30-17-14(10-24(19(30)13(2)34-12)21(31)26-23(33)27-22(24)32)9-15-18(16(17)25)35-28-20(15)29-7-5-3-4-6-8-29/h9,12-13,19H,3-8,10-11H2,1-2H3,(H2,26,27,31,32,33).